The van der Waals surface area contributed by atoms with Crippen LogP contribution in [0.25, 0.3) is 27.5 Å². The number of fused-ring (bicyclic) bond motifs is 3. The fourth-order valence-corrected chi connectivity index (χ4v) is 9.16. The molecule has 0 radical (unpaired) electrons. The molecule has 9 rings (SSSR count). The fourth-order valence-electron chi connectivity index (χ4n) is 9.16. The largest absolute Gasteiger partial charge is 0.311 e. The van der Waals surface area contributed by atoms with E-state index >= 15 is 0 Å². The lowest BCUT2D eigenvalue weighted by Gasteiger charge is -2.36. The Balaban J connectivity index is 1.12. The molecule has 0 aliphatic heterocycles. The van der Waals surface area contributed by atoms with Gasteiger partial charge in [-0.15, -0.1) is 0 Å². The van der Waals surface area contributed by atoms with Crippen LogP contribution in [0.5, 0.6) is 0 Å². The van der Waals surface area contributed by atoms with Gasteiger partial charge in [-0.3, -0.25) is 0 Å². The van der Waals surface area contributed by atoms with Crippen molar-refractivity contribution in [1.29, 1.82) is 0 Å². The van der Waals surface area contributed by atoms with E-state index in [1.54, 1.807) is 0 Å². The molecular formula is C56H51N3. The van der Waals surface area contributed by atoms with Crippen LogP contribution in [-0.2, 0) is 5.41 Å². The molecule has 290 valence electrons. The Morgan fingerprint density at radius 3 is 1.32 bits per heavy atom. The molecular weight excluding hydrogens is 715 g/mol. The zero-order valence-electron chi connectivity index (χ0n) is 34.1. The van der Waals surface area contributed by atoms with Gasteiger partial charge in [-0.1, -0.05) is 148 Å². The topological polar surface area (TPSA) is 11.4 Å². The first-order chi connectivity index (χ1) is 29.2. The average Bonchev–Trinajstić information content (AvgIpc) is 3.64. The Kier molecular flexibility index (Phi) is 10.8. The number of unbranched alkanes of at least 4 members (excludes halogenated alkanes) is 2. The summed E-state index contributed by atoms with van der Waals surface area (Å²) in [4.78, 5) is 4.75. The molecule has 1 heterocycles. The molecule has 1 aromatic heterocycles. The highest BCUT2D eigenvalue weighted by Gasteiger charge is 2.32. The zero-order chi connectivity index (χ0) is 40.0. The molecule has 59 heavy (non-hydrogen) atoms. The van der Waals surface area contributed by atoms with Crippen LogP contribution in [0.4, 0.5) is 34.1 Å². The molecule has 1 atom stereocenters. The minimum atomic E-state index is -0.119. The molecule has 0 bridgehead atoms. The van der Waals surface area contributed by atoms with E-state index in [1.807, 2.05) is 0 Å². The van der Waals surface area contributed by atoms with Crippen LogP contribution in [-0.4, -0.2) is 4.57 Å². The van der Waals surface area contributed by atoms with Crippen molar-refractivity contribution >= 4 is 55.9 Å². The normalized spacial score (nSPS) is 12.4. The summed E-state index contributed by atoms with van der Waals surface area (Å²) in [7, 11) is 0. The van der Waals surface area contributed by atoms with E-state index in [0.717, 1.165) is 47.0 Å². The van der Waals surface area contributed by atoms with Crippen LogP contribution in [0.1, 0.15) is 57.1 Å². The van der Waals surface area contributed by atoms with E-state index in [-0.39, 0.29) is 5.41 Å². The molecule has 0 fully saturated rings. The van der Waals surface area contributed by atoms with E-state index in [9.17, 15) is 0 Å². The molecule has 0 saturated carbocycles. The summed E-state index contributed by atoms with van der Waals surface area (Å²) in [5.41, 5.74) is 13.1. The molecule has 9 aromatic rings. The van der Waals surface area contributed by atoms with Crippen LogP contribution >= 0.6 is 0 Å². The van der Waals surface area contributed by atoms with Crippen molar-refractivity contribution in [1.82, 2.24) is 4.57 Å². The molecule has 0 saturated heterocycles. The molecule has 0 aliphatic carbocycles. The third-order valence-corrected chi connectivity index (χ3v) is 12.1. The van der Waals surface area contributed by atoms with Crippen molar-refractivity contribution in [3.05, 3.63) is 223 Å². The van der Waals surface area contributed by atoms with Gasteiger partial charge in [0.2, 0.25) is 0 Å². The highest BCUT2D eigenvalue weighted by molar-refractivity contribution is 6.10. The van der Waals surface area contributed by atoms with Gasteiger partial charge in [0.1, 0.15) is 0 Å². The van der Waals surface area contributed by atoms with Gasteiger partial charge in [0.25, 0.3) is 0 Å². The van der Waals surface area contributed by atoms with Crippen molar-refractivity contribution in [2.75, 3.05) is 9.80 Å². The van der Waals surface area contributed by atoms with E-state index in [4.69, 9.17) is 0 Å². The molecule has 1 unspecified atom stereocenters. The number of anilines is 6. The first-order valence-electron chi connectivity index (χ1n) is 21.2. The summed E-state index contributed by atoms with van der Waals surface area (Å²) in [5, 5.41) is 2.49. The van der Waals surface area contributed by atoms with E-state index in [1.165, 1.54) is 57.9 Å². The summed E-state index contributed by atoms with van der Waals surface area (Å²) in [6.45, 7) is 4.67. The Morgan fingerprint density at radius 1 is 0.390 bits per heavy atom. The van der Waals surface area contributed by atoms with Gasteiger partial charge in [0, 0.05) is 56.0 Å². The van der Waals surface area contributed by atoms with Crippen LogP contribution in [0.2, 0.25) is 0 Å². The number of hydrogen-bond acceptors (Lipinski definition) is 2. The first-order valence-corrected chi connectivity index (χ1v) is 21.2. The maximum absolute atomic E-state index is 2.40. The van der Waals surface area contributed by atoms with E-state index in [2.05, 4.69) is 241 Å². The van der Waals surface area contributed by atoms with E-state index < -0.39 is 0 Å². The third kappa shape index (κ3) is 7.30. The van der Waals surface area contributed by atoms with Crippen LogP contribution < -0.4 is 9.80 Å². The SMILES string of the molecule is CCCCCC(CC)(c1ccc(N(c2ccccc2)c2ccccc2)cc1)c1ccc(N(c2ccccc2)c2ccc3c(c2)c2ccccc2n3-c2ccccc2)cc1. The molecule has 0 amide bonds. The lowest BCUT2D eigenvalue weighted by Crippen LogP contribution is -2.27. The summed E-state index contributed by atoms with van der Waals surface area (Å²) in [6, 6.07) is 77.4. The van der Waals surface area contributed by atoms with Gasteiger partial charge in [0.05, 0.1) is 11.0 Å². The predicted octanol–water partition coefficient (Wildman–Crippen LogP) is 16.0. The second kappa shape index (κ2) is 16.9. The minimum Gasteiger partial charge on any atom is -0.311 e. The number of nitrogens with zero attached hydrogens (tertiary/aromatic N) is 3. The molecule has 0 aliphatic rings. The highest BCUT2D eigenvalue weighted by Crippen LogP contribution is 2.45. The summed E-state index contributed by atoms with van der Waals surface area (Å²) in [5.74, 6) is 0. The van der Waals surface area contributed by atoms with Gasteiger partial charge in [-0.05, 0) is 121 Å². The maximum Gasteiger partial charge on any atom is 0.0542 e. The van der Waals surface area contributed by atoms with Gasteiger partial charge in [-0.2, -0.15) is 0 Å². The Labute approximate surface area is 349 Å². The van der Waals surface area contributed by atoms with Gasteiger partial charge >= 0.3 is 0 Å². The quantitative estimate of drug-likeness (QED) is 0.102. The zero-order valence-corrected chi connectivity index (χ0v) is 34.1. The number of para-hydroxylation sites is 5. The summed E-state index contributed by atoms with van der Waals surface area (Å²) in [6.07, 6.45) is 5.71. The first kappa shape index (κ1) is 37.7. The number of rotatable bonds is 14. The Morgan fingerprint density at radius 2 is 0.814 bits per heavy atom. The monoisotopic (exact) mass is 765 g/mol. The van der Waals surface area contributed by atoms with Crippen molar-refractivity contribution in [2.45, 2.75) is 51.4 Å². The van der Waals surface area contributed by atoms with Crippen molar-refractivity contribution in [3.8, 4) is 5.69 Å². The predicted molar refractivity (Wildman–Crippen MR) is 252 cm³/mol. The van der Waals surface area contributed by atoms with Gasteiger partial charge in [0.15, 0.2) is 0 Å². The minimum absolute atomic E-state index is 0.119. The lowest BCUT2D eigenvalue weighted by atomic mass is 9.69. The standard InChI is InChI=1S/C56H51N3/c1-3-5-20-41-56(4-2,43-31-35-49(36-32-43)57(45-21-10-6-11-22-45)46-23-12-7-13-24-46)44-33-37-50(38-34-44)58(47-25-14-8-15-26-47)51-39-40-55-53(42-51)52-29-18-19-30-54(52)59(55)48-27-16-9-17-28-48/h6-19,21-40,42H,3-5,20,41H2,1-2H3. The molecule has 8 aromatic carbocycles. The smallest absolute Gasteiger partial charge is 0.0542 e. The van der Waals surface area contributed by atoms with Gasteiger partial charge < -0.3 is 14.4 Å². The van der Waals surface area contributed by atoms with Gasteiger partial charge in [-0.25, -0.2) is 0 Å². The second-order valence-corrected chi connectivity index (χ2v) is 15.6. The van der Waals surface area contributed by atoms with Crippen LogP contribution in [0, 0.1) is 0 Å². The molecule has 0 spiro atoms. The Hall–Kier alpha value is -6.84. The molecule has 3 nitrogen and oxygen atoms in total. The maximum atomic E-state index is 2.40. The van der Waals surface area contributed by atoms with Crippen LogP contribution in [0.3, 0.4) is 0 Å². The van der Waals surface area contributed by atoms with Crippen LogP contribution in [0.15, 0.2) is 212 Å². The Bertz CT molecular complexity index is 2700. The molecule has 0 N–H and O–H groups in total. The second-order valence-electron chi connectivity index (χ2n) is 15.6. The summed E-state index contributed by atoms with van der Waals surface area (Å²) < 4.78 is 2.38. The average molecular weight is 766 g/mol. The van der Waals surface area contributed by atoms with E-state index in [0.29, 0.717) is 0 Å². The number of aromatic nitrogens is 1. The third-order valence-electron chi connectivity index (χ3n) is 12.1. The van der Waals surface area contributed by atoms with Crippen molar-refractivity contribution < 1.29 is 0 Å². The summed E-state index contributed by atoms with van der Waals surface area (Å²) >= 11 is 0. The number of hydrogen-bond donors (Lipinski definition) is 0. The number of benzene rings is 8. The van der Waals surface area contributed by atoms with Crippen molar-refractivity contribution in [2.24, 2.45) is 0 Å². The fraction of sp³-hybridized carbons (Fsp3) is 0.143. The van der Waals surface area contributed by atoms with Crippen molar-refractivity contribution in [3.63, 3.8) is 0 Å². The highest BCUT2D eigenvalue weighted by atomic mass is 15.1. The molecule has 3 heteroatoms. The lowest BCUT2D eigenvalue weighted by molar-refractivity contribution is 0.431.